The third kappa shape index (κ3) is 3.37. The molecule has 3 N–H and O–H groups in total. The summed E-state index contributed by atoms with van der Waals surface area (Å²) >= 11 is 0. The van der Waals surface area contributed by atoms with Crippen molar-refractivity contribution in [1.29, 1.82) is 0 Å². The summed E-state index contributed by atoms with van der Waals surface area (Å²) in [4.78, 5) is 11.0. The van der Waals surface area contributed by atoms with Crippen molar-refractivity contribution in [3.63, 3.8) is 0 Å². The average molecular weight is 158 g/mol. The summed E-state index contributed by atoms with van der Waals surface area (Å²) in [6.07, 6.45) is 1.94. The van der Waals surface area contributed by atoms with Crippen LogP contribution in [-0.4, -0.2) is 19.0 Å². The van der Waals surface area contributed by atoms with Gasteiger partial charge < -0.3 is 11.1 Å². The first-order chi connectivity index (χ1) is 5.13. The van der Waals surface area contributed by atoms with Crippen LogP contribution < -0.4 is 11.1 Å². The van der Waals surface area contributed by atoms with Crippen molar-refractivity contribution in [3.8, 4) is 0 Å². The molecule has 2 atom stereocenters. The van der Waals surface area contributed by atoms with Crippen molar-refractivity contribution < 1.29 is 4.79 Å². The molecule has 3 heteroatoms. The number of hydrogen-bond donors (Lipinski definition) is 2. The first-order valence-corrected chi connectivity index (χ1v) is 4.10. The first kappa shape index (κ1) is 10.4. The van der Waals surface area contributed by atoms with Crippen molar-refractivity contribution in [3.05, 3.63) is 0 Å². The molecule has 0 aromatic carbocycles. The van der Waals surface area contributed by atoms with Crippen molar-refractivity contribution >= 4 is 5.91 Å². The van der Waals surface area contributed by atoms with Gasteiger partial charge in [-0.2, -0.15) is 0 Å². The fourth-order valence-corrected chi connectivity index (χ4v) is 1.01. The summed E-state index contributed by atoms with van der Waals surface area (Å²) in [5.74, 6) is -0.0362. The van der Waals surface area contributed by atoms with E-state index in [0.29, 0.717) is 0 Å². The molecule has 0 aliphatic rings. The standard InChI is InChI=1S/C8H18N2O/c1-4-5-7(9)6(2)8(11)10-3/h6-7H,4-5,9H2,1-3H3,(H,10,11)/t6?,7-/m0/s1. The third-order valence-corrected chi connectivity index (χ3v) is 1.92. The quantitative estimate of drug-likeness (QED) is 0.626. The van der Waals surface area contributed by atoms with E-state index in [1.165, 1.54) is 0 Å². The van der Waals surface area contributed by atoms with Crippen LogP contribution in [0, 0.1) is 5.92 Å². The lowest BCUT2D eigenvalue weighted by Crippen LogP contribution is -2.38. The lowest BCUT2D eigenvalue weighted by molar-refractivity contribution is -0.124. The fraction of sp³-hybridized carbons (Fsp3) is 0.875. The largest absolute Gasteiger partial charge is 0.359 e. The summed E-state index contributed by atoms with van der Waals surface area (Å²) < 4.78 is 0. The molecular formula is C8H18N2O. The second-order valence-electron chi connectivity index (χ2n) is 2.86. The monoisotopic (exact) mass is 158 g/mol. The molecule has 0 bridgehead atoms. The van der Waals surface area contributed by atoms with Crippen LogP contribution in [0.2, 0.25) is 0 Å². The summed E-state index contributed by atoms with van der Waals surface area (Å²) in [5, 5.41) is 2.59. The molecule has 0 aliphatic heterocycles. The number of carbonyl (C=O) groups is 1. The number of nitrogens with one attached hydrogen (secondary N) is 1. The van der Waals surface area contributed by atoms with Gasteiger partial charge in [0.2, 0.25) is 5.91 Å². The van der Waals surface area contributed by atoms with Crippen LogP contribution in [0.4, 0.5) is 0 Å². The van der Waals surface area contributed by atoms with Gasteiger partial charge in [-0.25, -0.2) is 0 Å². The van der Waals surface area contributed by atoms with Gasteiger partial charge in [0.1, 0.15) is 0 Å². The highest BCUT2D eigenvalue weighted by atomic mass is 16.1. The third-order valence-electron chi connectivity index (χ3n) is 1.92. The Hall–Kier alpha value is -0.570. The molecule has 3 nitrogen and oxygen atoms in total. The molecule has 0 rings (SSSR count). The highest BCUT2D eigenvalue weighted by Gasteiger charge is 2.17. The van der Waals surface area contributed by atoms with Crippen molar-refractivity contribution in [2.24, 2.45) is 11.7 Å². The molecule has 0 aliphatic carbocycles. The van der Waals surface area contributed by atoms with E-state index < -0.39 is 0 Å². The predicted octanol–water partition coefficient (Wildman–Crippen LogP) is 0.496. The van der Waals surface area contributed by atoms with E-state index >= 15 is 0 Å². The van der Waals surface area contributed by atoms with E-state index in [0.717, 1.165) is 12.8 Å². The molecule has 0 aromatic rings. The molecule has 0 spiro atoms. The first-order valence-electron chi connectivity index (χ1n) is 4.10. The van der Waals surface area contributed by atoms with Crippen LogP contribution in [0.1, 0.15) is 26.7 Å². The Morgan fingerprint density at radius 3 is 2.55 bits per heavy atom. The zero-order valence-corrected chi connectivity index (χ0v) is 7.55. The van der Waals surface area contributed by atoms with Gasteiger partial charge in [0, 0.05) is 13.1 Å². The summed E-state index contributed by atoms with van der Waals surface area (Å²) in [6.45, 7) is 3.93. The van der Waals surface area contributed by atoms with Gasteiger partial charge in [-0.3, -0.25) is 4.79 Å². The van der Waals surface area contributed by atoms with Gasteiger partial charge >= 0.3 is 0 Å². The maximum Gasteiger partial charge on any atom is 0.224 e. The molecule has 0 heterocycles. The summed E-state index contributed by atoms with van der Waals surface area (Å²) in [5.41, 5.74) is 5.74. The summed E-state index contributed by atoms with van der Waals surface area (Å²) in [6, 6.07) is -0.0000463. The average Bonchev–Trinajstić information content (AvgIpc) is 2.02. The second kappa shape index (κ2) is 5.13. The van der Waals surface area contributed by atoms with Gasteiger partial charge in [-0.1, -0.05) is 20.3 Å². The molecule has 0 saturated heterocycles. The Labute approximate surface area is 68.3 Å². The lowest BCUT2D eigenvalue weighted by Gasteiger charge is -2.17. The number of nitrogens with two attached hydrogens (primary N) is 1. The molecule has 1 unspecified atom stereocenters. The van der Waals surface area contributed by atoms with Gasteiger partial charge in [-0.15, -0.1) is 0 Å². The maximum atomic E-state index is 11.0. The van der Waals surface area contributed by atoms with Crippen LogP contribution in [0.3, 0.4) is 0 Å². The normalized spacial score (nSPS) is 15.6. The highest BCUT2D eigenvalue weighted by Crippen LogP contribution is 2.05. The van der Waals surface area contributed by atoms with Crippen LogP contribution in [0.15, 0.2) is 0 Å². The Kier molecular flexibility index (Phi) is 4.86. The lowest BCUT2D eigenvalue weighted by atomic mass is 9.98. The molecule has 1 amide bonds. The zero-order chi connectivity index (χ0) is 8.85. The molecule has 11 heavy (non-hydrogen) atoms. The number of carbonyl (C=O) groups excluding carboxylic acids is 1. The van der Waals surface area contributed by atoms with E-state index in [2.05, 4.69) is 12.2 Å². The minimum atomic E-state index is -0.0695. The molecular weight excluding hydrogens is 140 g/mol. The minimum absolute atomic E-state index is 0.0000463. The number of amides is 1. The van der Waals surface area contributed by atoms with E-state index in [4.69, 9.17) is 5.73 Å². The number of rotatable bonds is 4. The van der Waals surface area contributed by atoms with Crippen LogP contribution in [-0.2, 0) is 4.79 Å². The van der Waals surface area contributed by atoms with Crippen molar-refractivity contribution in [2.45, 2.75) is 32.7 Å². The molecule has 0 radical (unpaired) electrons. The van der Waals surface area contributed by atoms with Gasteiger partial charge in [0.25, 0.3) is 0 Å². The van der Waals surface area contributed by atoms with Crippen LogP contribution >= 0.6 is 0 Å². The fourth-order valence-electron chi connectivity index (χ4n) is 1.01. The SMILES string of the molecule is CCC[C@H](N)C(C)C(=O)NC. The van der Waals surface area contributed by atoms with Gasteiger partial charge in [-0.05, 0) is 6.42 Å². The van der Waals surface area contributed by atoms with Gasteiger partial charge in [0.05, 0.1) is 5.92 Å². The molecule has 0 saturated carbocycles. The van der Waals surface area contributed by atoms with E-state index in [9.17, 15) is 4.79 Å². The Bertz CT molecular complexity index is 125. The summed E-state index contributed by atoms with van der Waals surface area (Å²) in [7, 11) is 1.64. The van der Waals surface area contributed by atoms with Crippen LogP contribution in [0.5, 0.6) is 0 Å². The Morgan fingerprint density at radius 2 is 2.18 bits per heavy atom. The van der Waals surface area contributed by atoms with E-state index in [-0.39, 0.29) is 17.9 Å². The molecule has 0 fully saturated rings. The number of hydrogen-bond acceptors (Lipinski definition) is 2. The van der Waals surface area contributed by atoms with Gasteiger partial charge in [0.15, 0.2) is 0 Å². The topological polar surface area (TPSA) is 55.1 Å². The van der Waals surface area contributed by atoms with Crippen molar-refractivity contribution in [2.75, 3.05) is 7.05 Å². The highest BCUT2D eigenvalue weighted by molar-refractivity contribution is 5.78. The van der Waals surface area contributed by atoms with E-state index in [1.54, 1.807) is 7.05 Å². The van der Waals surface area contributed by atoms with Crippen molar-refractivity contribution in [1.82, 2.24) is 5.32 Å². The van der Waals surface area contributed by atoms with E-state index in [1.807, 2.05) is 6.92 Å². The van der Waals surface area contributed by atoms with Crippen LogP contribution in [0.25, 0.3) is 0 Å². The molecule has 66 valence electrons. The predicted molar refractivity (Wildman–Crippen MR) is 46.1 cm³/mol. The maximum absolute atomic E-state index is 11.0. The minimum Gasteiger partial charge on any atom is -0.359 e. The Balaban J connectivity index is 3.80. The smallest absolute Gasteiger partial charge is 0.224 e. The second-order valence-corrected chi connectivity index (χ2v) is 2.86. The Morgan fingerprint density at radius 1 is 1.64 bits per heavy atom. The molecule has 0 aromatic heterocycles. The zero-order valence-electron chi connectivity index (χ0n) is 7.55.